The van der Waals surface area contributed by atoms with E-state index in [2.05, 4.69) is 36.7 Å². The Bertz CT molecular complexity index is 181. The van der Waals surface area contributed by atoms with Crippen LogP contribution in [0, 0.1) is 0 Å². The minimum absolute atomic E-state index is 0.523. The molecule has 0 aromatic carbocycles. The lowest BCUT2D eigenvalue weighted by molar-refractivity contribution is 0.578. The standard InChI is InChI=1S/C9H15NS/c1-3-6-10-8(2)9-5-4-7-11-9/h4-5,7-8,10H,3,6H2,1-2H3/t8-/m0/s1. The second kappa shape index (κ2) is 4.52. The highest BCUT2D eigenvalue weighted by Crippen LogP contribution is 2.17. The Balaban J connectivity index is 2.36. The van der Waals surface area contributed by atoms with Crippen LogP contribution in [0.3, 0.4) is 0 Å². The third-order valence-corrected chi connectivity index (χ3v) is 2.73. The van der Waals surface area contributed by atoms with Gasteiger partial charge in [-0.25, -0.2) is 0 Å². The molecule has 0 radical (unpaired) electrons. The van der Waals surface area contributed by atoms with Gasteiger partial charge in [0.1, 0.15) is 0 Å². The normalized spacial score (nSPS) is 13.3. The summed E-state index contributed by atoms with van der Waals surface area (Å²) in [5.74, 6) is 0. The lowest BCUT2D eigenvalue weighted by Crippen LogP contribution is -2.18. The van der Waals surface area contributed by atoms with E-state index in [1.165, 1.54) is 11.3 Å². The summed E-state index contributed by atoms with van der Waals surface area (Å²) in [5, 5.41) is 5.57. The summed E-state index contributed by atoms with van der Waals surface area (Å²) in [5.41, 5.74) is 0. The highest BCUT2D eigenvalue weighted by molar-refractivity contribution is 7.10. The predicted molar refractivity (Wildman–Crippen MR) is 51.0 cm³/mol. The molecule has 1 aromatic heterocycles. The van der Waals surface area contributed by atoms with Crippen LogP contribution in [0.25, 0.3) is 0 Å². The maximum absolute atomic E-state index is 3.45. The summed E-state index contributed by atoms with van der Waals surface area (Å²) in [7, 11) is 0. The minimum Gasteiger partial charge on any atom is -0.309 e. The van der Waals surface area contributed by atoms with Crippen molar-refractivity contribution in [3.05, 3.63) is 22.4 Å². The molecule has 1 heterocycles. The molecule has 11 heavy (non-hydrogen) atoms. The fraction of sp³-hybridized carbons (Fsp3) is 0.556. The Morgan fingerprint density at radius 3 is 3.00 bits per heavy atom. The SMILES string of the molecule is CCCN[C@@H](C)c1cccs1. The second-order valence-corrected chi connectivity index (χ2v) is 3.67. The Labute approximate surface area is 72.4 Å². The smallest absolute Gasteiger partial charge is 0.0386 e. The fourth-order valence-electron chi connectivity index (χ4n) is 0.999. The summed E-state index contributed by atoms with van der Waals surface area (Å²) in [4.78, 5) is 1.43. The molecule has 0 aliphatic heterocycles. The van der Waals surface area contributed by atoms with E-state index in [-0.39, 0.29) is 0 Å². The van der Waals surface area contributed by atoms with Gasteiger partial charge in [0, 0.05) is 10.9 Å². The van der Waals surface area contributed by atoms with Crippen LogP contribution in [-0.2, 0) is 0 Å². The fourth-order valence-corrected chi connectivity index (χ4v) is 1.76. The first-order valence-corrected chi connectivity index (χ1v) is 4.99. The van der Waals surface area contributed by atoms with Gasteiger partial charge in [-0.05, 0) is 31.3 Å². The molecule has 1 aromatic rings. The zero-order chi connectivity index (χ0) is 8.10. The van der Waals surface area contributed by atoms with E-state index in [1.54, 1.807) is 0 Å². The van der Waals surface area contributed by atoms with Gasteiger partial charge >= 0.3 is 0 Å². The van der Waals surface area contributed by atoms with Crippen LogP contribution in [-0.4, -0.2) is 6.54 Å². The number of rotatable bonds is 4. The number of nitrogens with one attached hydrogen (secondary N) is 1. The van der Waals surface area contributed by atoms with Crippen molar-refractivity contribution in [2.75, 3.05) is 6.54 Å². The summed E-state index contributed by atoms with van der Waals surface area (Å²) in [6, 6.07) is 4.80. The highest BCUT2D eigenvalue weighted by atomic mass is 32.1. The lowest BCUT2D eigenvalue weighted by Gasteiger charge is -2.09. The van der Waals surface area contributed by atoms with Crippen molar-refractivity contribution in [2.45, 2.75) is 26.3 Å². The first-order chi connectivity index (χ1) is 5.34. The molecule has 0 aliphatic carbocycles. The summed E-state index contributed by atoms with van der Waals surface area (Å²) < 4.78 is 0. The van der Waals surface area contributed by atoms with Crippen molar-refractivity contribution >= 4 is 11.3 Å². The Morgan fingerprint density at radius 1 is 1.64 bits per heavy atom. The van der Waals surface area contributed by atoms with Crippen molar-refractivity contribution < 1.29 is 0 Å². The van der Waals surface area contributed by atoms with Crippen LogP contribution in [0.15, 0.2) is 17.5 Å². The quantitative estimate of drug-likeness (QED) is 0.731. The van der Waals surface area contributed by atoms with E-state index in [0.717, 1.165) is 6.54 Å². The molecule has 0 unspecified atom stereocenters. The first-order valence-electron chi connectivity index (χ1n) is 4.11. The van der Waals surface area contributed by atoms with Crippen molar-refractivity contribution in [1.29, 1.82) is 0 Å². The highest BCUT2D eigenvalue weighted by Gasteiger charge is 2.02. The van der Waals surface area contributed by atoms with Gasteiger partial charge in [-0.1, -0.05) is 13.0 Å². The first kappa shape index (κ1) is 8.75. The Morgan fingerprint density at radius 2 is 2.45 bits per heavy atom. The molecule has 62 valence electrons. The van der Waals surface area contributed by atoms with Crippen LogP contribution in [0.1, 0.15) is 31.2 Å². The van der Waals surface area contributed by atoms with Crippen LogP contribution in [0.2, 0.25) is 0 Å². The molecule has 0 saturated heterocycles. The maximum atomic E-state index is 3.45. The van der Waals surface area contributed by atoms with Crippen LogP contribution >= 0.6 is 11.3 Å². The molecule has 0 spiro atoms. The average molecular weight is 169 g/mol. The van der Waals surface area contributed by atoms with Gasteiger partial charge in [-0.3, -0.25) is 0 Å². The van der Waals surface area contributed by atoms with Gasteiger partial charge in [0.05, 0.1) is 0 Å². The molecule has 1 atom stereocenters. The van der Waals surface area contributed by atoms with Crippen molar-refractivity contribution in [2.24, 2.45) is 0 Å². The molecular weight excluding hydrogens is 154 g/mol. The summed E-state index contributed by atoms with van der Waals surface area (Å²) in [6.07, 6.45) is 1.20. The van der Waals surface area contributed by atoms with Crippen molar-refractivity contribution in [3.63, 3.8) is 0 Å². The van der Waals surface area contributed by atoms with Gasteiger partial charge < -0.3 is 5.32 Å². The van der Waals surface area contributed by atoms with Gasteiger partial charge in [-0.2, -0.15) is 0 Å². The van der Waals surface area contributed by atoms with E-state index in [4.69, 9.17) is 0 Å². The predicted octanol–water partition coefficient (Wildman–Crippen LogP) is 2.81. The van der Waals surface area contributed by atoms with Crippen molar-refractivity contribution in [3.8, 4) is 0 Å². The maximum Gasteiger partial charge on any atom is 0.0386 e. The number of hydrogen-bond acceptors (Lipinski definition) is 2. The molecule has 1 rings (SSSR count). The van der Waals surface area contributed by atoms with Crippen LogP contribution in [0.4, 0.5) is 0 Å². The largest absolute Gasteiger partial charge is 0.309 e. The van der Waals surface area contributed by atoms with E-state index in [1.807, 2.05) is 11.3 Å². The third-order valence-electron chi connectivity index (χ3n) is 1.67. The average Bonchev–Trinajstić information content (AvgIpc) is 2.52. The summed E-state index contributed by atoms with van der Waals surface area (Å²) >= 11 is 1.82. The molecule has 1 N–H and O–H groups in total. The van der Waals surface area contributed by atoms with Crippen LogP contribution in [0.5, 0.6) is 0 Å². The van der Waals surface area contributed by atoms with E-state index < -0.39 is 0 Å². The molecule has 0 amide bonds. The van der Waals surface area contributed by atoms with E-state index in [9.17, 15) is 0 Å². The zero-order valence-electron chi connectivity index (χ0n) is 7.13. The molecule has 1 nitrogen and oxygen atoms in total. The van der Waals surface area contributed by atoms with Gasteiger partial charge in [-0.15, -0.1) is 11.3 Å². The van der Waals surface area contributed by atoms with Crippen molar-refractivity contribution in [1.82, 2.24) is 5.32 Å². The topological polar surface area (TPSA) is 12.0 Å². The monoisotopic (exact) mass is 169 g/mol. The van der Waals surface area contributed by atoms with Gasteiger partial charge in [0.2, 0.25) is 0 Å². The molecule has 2 heteroatoms. The minimum atomic E-state index is 0.523. The van der Waals surface area contributed by atoms with E-state index in [0.29, 0.717) is 6.04 Å². The molecular formula is C9H15NS. The Hall–Kier alpha value is -0.340. The van der Waals surface area contributed by atoms with Gasteiger partial charge in [0.25, 0.3) is 0 Å². The number of hydrogen-bond donors (Lipinski definition) is 1. The zero-order valence-corrected chi connectivity index (χ0v) is 7.95. The molecule has 0 saturated carbocycles. The lowest BCUT2D eigenvalue weighted by atomic mass is 10.3. The second-order valence-electron chi connectivity index (χ2n) is 2.69. The number of thiophene rings is 1. The Kier molecular flexibility index (Phi) is 3.60. The molecule has 0 bridgehead atoms. The summed E-state index contributed by atoms with van der Waals surface area (Å²) in [6.45, 7) is 5.51. The van der Waals surface area contributed by atoms with Gasteiger partial charge in [0.15, 0.2) is 0 Å². The molecule has 0 fully saturated rings. The third kappa shape index (κ3) is 2.64. The molecule has 0 aliphatic rings. The van der Waals surface area contributed by atoms with Crippen LogP contribution < -0.4 is 5.32 Å². The van der Waals surface area contributed by atoms with E-state index >= 15 is 0 Å².